The van der Waals surface area contributed by atoms with Gasteiger partial charge in [-0.2, -0.15) is 13.5 Å². The molecule has 0 aliphatic carbocycles. The first-order valence-electron chi connectivity index (χ1n) is 4.78. The molecule has 0 bridgehead atoms. The first-order chi connectivity index (χ1) is 7.88. The van der Waals surface area contributed by atoms with Crippen molar-refractivity contribution in [2.75, 3.05) is 5.73 Å². The van der Waals surface area contributed by atoms with E-state index in [1.165, 1.54) is 22.9 Å². The molecular weight excluding hydrogens is 242 g/mol. The molecule has 3 N–H and O–H groups in total. The maximum atomic E-state index is 11.0. The molecule has 1 aromatic heterocycles. The van der Waals surface area contributed by atoms with Crippen molar-refractivity contribution in [3.05, 3.63) is 36.0 Å². The summed E-state index contributed by atoms with van der Waals surface area (Å²) in [6, 6.07) is 7.43. The lowest BCUT2D eigenvalue weighted by Gasteiger charge is -2.05. The summed E-state index contributed by atoms with van der Waals surface area (Å²) in [6.07, 6.45) is 0. The largest absolute Gasteiger partial charge is 0.384 e. The number of anilines is 1. The Morgan fingerprint density at radius 1 is 1.35 bits per heavy atom. The molecule has 0 unspecified atom stereocenters. The van der Waals surface area contributed by atoms with Crippen molar-refractivity contribution in [3.8, 4) is 5.69 Å². The molecule has 6 nitrogen and oxygen atoms in total. The van der Waals surface area contributed by atoms with Gasteiger partial charge in [0, 0.05) is 6.07 Å². The van der Waals surface area contributed by atoms with Crippen LogP contribution in [-0.4, -0.2) is 22.8 Å². The first-order valence-corrected chi connectivity index (χ1v) is 6.22. The van der Waals surface area contributed by atoms with Crippen LogP contribution < -0.4 is 5.73 Å². The summed E-state index contributed by atoms with van der Waals surface area (Å²) in [5.74, 6) is 0.398. The van der Waals surface area contributed by atoms with Gasteiger partial charge < -0.3 is 5.73 Å². The van der Waals surface area contributed by atoms with Gasteiger partial charge in [0.2, 0.25) is 0 Å². The van der Waals surface area contributed by atoms with E-state index in [4.69, 9.17) is 10.3 Å². The highest BCUT2D eigenvalue weighted by atomic mass is 32.2. The molecule has 1 aromatic carbocycles. The predicted molar refractivity (Wildman–Crippen MR) is 62.5 cm³/mol. The van der Waals surface area contributed by atoms with Crippen LogP contribution in [0.4, 0.5) is 5.82 Å². The van der Waals surface area contributed by atoms with Gasteiger partial charge in [0.25, 0.3) is 10.1 Å². The number of aryl methyl sites for hydroxylation is 1. The Hall–Kier alpha value is -1.86. The lowest BCUT2D eigenvalue weighted by molar-refractivity contribution is 0.483. The van der Waals surface area contributed by atoms with Crippen LogP contribution in [0.5, 0.6) is 0 Å². The zero-order valence-corrected chi connectivity index (χ0v) is 9.85. The Labute approximate surface area is 98.4 Å². The monoisotopic (exact) mass is 253 g/mol. The number of nitrogens with two attached hydrogens (primary N) is 1. The number of nitrogen functional groups attached to an aromatic ring is 1. The Balaban J connectivity index is 2.58. The summed E-state index contributed by atoms with van der Waals surface area (Å²) in [7, 11) is -4.22. The molecule has 2 rings (SSSR count). The molecule has 0 aliphatic rings. The van der Waals surface area contributed by atoms with Crippen molar-refractivity contribution in [1.29, 1.82) is 0 Å². The summed E-state index contributed by atoms with van der Waals surface area (Å²) in [4.78, 5) is -0.192. The second-order valence-electron chi connectivity index (χ2n) is 3.59. The van der Waals surface area contributed by atoms with Crippen LogP contribution in [0.25, 0.3) is 5.69 Å². The molecule has 0 radical (unpaired) electrons. The maximum Gasteiger partial charge on any atom is 0.294 e. The molecule has 7 heteroatoms. The van der Waals surface area contributed by atoms with Gasteiger partial charge in [-0.15, -0.1) is 0 Å². The van der Waals surface area contributed by atoms with E-state index in [0.717, 1.165) is 5.69 Å². The summed E-state index contributed by atoms with van der Waals surface area (Å²) in [5.41, 5.74) is 6.92. The van der Waals surface area contributed by atoms with Crippen LogP contribution in [0, 0.1) is 6.92 Å². The minimum atomic E-state index is -4.22. The Kier molecular flexibility index (Phi) is 2.64. The highest BCUT2D eigenvalue weighted by Crippen LogP contribution is 2.17. The van der Waals surface area contributed by atoms with E-state index in [2.05, 4.69) is 5.10 Å². The lowest BCUT2D eigenvalue weighted by atomic mass is 10.3. The van der Waals surface area contributed by atoms with Crippen molar-refractivity contribution in [3.63, 3.8) is 0 Å². The predicted octanol–water partition coefficient (Wildman–Crippen LogP) is 1.01. The third-order valence-electron chi connectivity index (χ3n) is 2.22. The summed E-state index contributed by atoms with van der Waals surface area (Å²) in [6.45, 7) is 1.78. The molecule has 2 aromatic rings. The van der Waals surface area contributed by atoms with E-state index >= 15 is 0 Å². The van der Waals surface area contributed by atoms with E-state index in [9.17, 15) is 8.42 Å². The van der Waals surface area contributed by atoms with Crippen LogP contribution in [0.1, 0.15) is 5.69 Å². The van der Waals surface area contributed by atoms with Gasteiger partial charge in [-0.05, 0) is 25.1 Å². The van der Waals surface area contributed by atoms with E-state index in [0.29, 0.717) is 11.5 Å². The SMILES string of the molecule is Cc1cc(N)n(-c2cccc(S(=O)(=O)O)c2)n1. The number of benzene rings is 1. The van der Waals surface area contributed by atoms with E-state index in [1.807, 2.05) is 0 Å². The second kappa shape index (κ2) is 3.86. The molecule has 0 amide bonds. The minimum Gasteiger partial charge on any atom is -0.384 e. The van der Waals surface area contributed by atoms with Gasteiger partial charge in [0.1, 0.15) is 5.82 Å². The molecule has 1 heterocycles. The lowest BCUT2D eigenvalue weighted by Crippen LogP contribution is -2.04. The number of rotatable bonds is 2. The van der Waals surface area contributed by atoms with Crippen LogP contribution in [-0.2, 0) is 10.1 Å². The van der Waals surface area contributed by atoms with Crippen molar-refractivity contribution < 1.29 is 13.0 Å². The summed E-state index contributed by atoms with van der Waals surface area (Å²) in [5, 5.41) is 4.12. The number of nitrogens with zero attached hydrogens (tertiary/aromatic N) is 2. The Morgan fingerprint density at radius 3 is 2.59 bits per heavy atom. The molecule has 0 spiro atoms. The average molecular weight is 253 g/mol. The molecular formula is C10H11N3O3S. The summed E-state index contributed by atoms with van der Waals surface area (Å²) >= 11 is 0. The number of hydrogen-bond acceptors (Lipinski definition) is 4. The molecule has 0 aliphatic heterocycles. The molecule has 0 saturated heterocycles. The molecule has 0 atom stereocenters. The second-order valence-corrected chi connectivity index (χ2v) is 5.02. The zero-order valence-electron chi connectivity index (χ0n) is 9.03. The minimum absolute atomic E-state index is 0.192. The van der Waals surface area contributed by atoms with Crippen molar-refractivity contribution >= 4 is 15.9 Å². The topological polar surface area (TPSA) is 98.2 Å². The summed E-state index contributed by atoms with van der Waals surface area (Å²) < 4.78 is 32.4. The van der Waals surface area contributed by atoms with Crippen LogP contribution in [0.2, 0.25) is 0 Å². The van der Waals surface area contributed by atoms with Gasteiger partial charge in [-0.3, -0.25) is 4.55 Å². The van der Waals surface area contributed by atoms with Crippen LogP contribution >= 0.6 is 0 Å². The van der Waals surface area contributed by atoms with Crippen molar-refractivity contribution in [1.82, 2.24) is 9.78 Å². The standard InChI is InChI=1S/C10H11N3O3S/c1-7-5-10(11)13(12-7)8-3-2-4-9(6-8)17(14,15)16/h2-6H,11H2,1H3,(H,14,15,16). The Bertz CT molecular complexity index is 661. The average Bonchev–Trinajstić information content (AvgIpc) is 2.57. The molecule has 0 fully saturated rings. The normalized spacial score (nSPS) is 11.6. The number of aromatic nitrogens is 2. The highest BCUT2D eigenvalue weighted by Gasteiger charge is 2.11. The fraction of sp³-hybridized carbons (Fsp3) is 0.100. The van der Waals surface area contributed by atoms with Gasteiger partial charge in [-0.1, -0.05) is 6.07 Å². The van der Waals surface area contributed by atoms with E-state index < -0.39 is 10.1 Å². The molecule has 0 saturated carbocycles. The zero-order chi connectivity index (χ0) is 12.6. The maximum absolute atomic E-state index is 11.0. The quantitative estimate of drug-likeness (QED) is 0.778. The van der Waals surface area contributed by atoms with Crippen molar-refractivity contribution in [2.24, 2.45) is 0 Å². The van der Waals surface area contributed by atoms with Crippen LogP contribution in [0.15, 0.2) is 35.2 Å². The van der Waals surface area contributed by atoms with Gasteiger partial charge >= 0.3 is 0 Å². The fourth-order valence-corrected chi connectivity index (χ4v) is 2.02. The highest BCUT2D eigenvalue weighted by molar-refractivity contribution is 7.85. The van der Waals surface area contributed by atoms with Gasteiger partial charge in [-0.25, -0.2) is 4.68 Å². The van der Waals surface area contributed by atoms with Crippen LogP contribution in [0.3, 0.4) is 0 Å². The third-order valence-corrected chi connectivity index (χ3v) is 3.07. The Morgan fingerprint density at radius 2 is 2.06 bits per heavy atom. The third kappa shape index (κ3) is 2.29. The smallest absolute Gasteiger partial charge is 0.294 e. The van der Waals surface area contributed by atoms with E-state index in [1.54, 1.807) is 19.1 Å². The van der Waals surface area contributed by atoms with E-state index in [-0.39, 0.29) is 4.90 Å². The molecule has 17 heavy (non-hydrogen) atoms. The molecule has 90 valence electrons. The van der Waals surface area contributed by atoms with Gasteiger partial charge in [0.15, 0.2) is 0 Å². The fourth-order valence-electron chi connectivity index (χ4n) is 1.50. The van der Waals surface area contributed by atoms with Crippen molar-refractivity contribution in [2.45, 2.75) is 11.8 Å². The number of hydrogen-bond donors (Lipinski definition) is 2. The van der Waals surface area contributed by atoms with Gasteiger partial charge in [0.05, 0.1) is 16.3 Å². The first kappa shape index (κ1) is 11.6.